The highest BCUT2D eigenvalue weighted by Crippen LogP contribution is 2.26. The van der Waals surface area contributed by atoms with Crippen molar-refractivity contribution in [2.75, 3.05) is 6.54 Å². The Balaban J connectivity index is 1.62. The third-order valence-electron chi connectivity index (χ3n) is 4.53. The molecule has 2 heterocycles. The van der Waals surface area contributed by atoms with E-state index in [4.69, 9.17) is 4.74 Å². The number of aromatic nitrogens is 1. The predicted molar refractivity (Wildman–Crippen MR) is 114 cm³/mol. The quantitative estimate of drug-likeness (QED) is 0.664. The third kappa shape index (κ3) is 6.96. The van der Waals surface area contributed by atoms with Crippen molar-refractivity contribution in [1.29, 1.82) is 0 Å². The van der Waals surface area contributed by atoms with Gasteiger partial charge in [0, 0.05) is 24.8 Å². The second kappa shape index (κ2) is 9.51. The van der Waals surface area contributed by atoms with Crippen LogP contribution < -0.4 is 10.1 Å². The number of benzene rings is 1. The van der Waals surface area contributed by atoms with Crippen molar-refractivity contribution in [3.63, 3.8) is 0 Å². The topological polar surface area (TPSA) is 80.8 Å². The van der Waals surface area contributed by atoms with Gasteiger partial charge in [0.15, 0.2) is 0 Å². The van der Waals surface area contributed by atoms with Gasteiger partial charge in [-0.2, -0.15) is 0 Å². The molecular formula is C23H24F3N3O4. The molecule has 1 atom stereocenters. The zero-order valence-corrected chi connectivity index (χ0v) is 18.3. The maximum atomic E-state index is 12.7. The molecule has 0 unspecified atom stereocenters. The first-order valence-electron chi connectivity index (χ1n) is 10.2. The number of halogens is 3. The van der Waals surface area contributed by atoms with Gasteiger partial charge in [0.25, 0.3) is 0 Å². The number of rotatable bonds is 5. The summed E-state index contributed by atoms with van der Waals surface area (Å²) < 4.78 is 46.2. The van der Waals surface area contributed by atoms with Crippen LogP contribution in [-0.4, -0.2) is 46.4 Å². The zero-order valence-electron chi connectivity index (χ0n) is 18.3. The average molecular weight is 463 g/mol. The molecule has 176 valence electrons. The molecule has 1 aromatic heterocycles. The first-order chi connectivity index (χ1) is 15.4. The van der Waals surface area contributed by atoms with Gasteiger partial charge in [0.05, 0.1) is 5.69 Å². The fraction of sp³-hybridized carbons (Fsp3) is 0.348. The van der Waals surface area contributed by atoms with Gasteiger partial charge in [0.1, 0.15) is 17.4 Å². The van der Waals surface area contributed by atoms with Crippen LogP contribution in [0.5, 0.6) is 5.75 Å². The molecule has 2 aromatic rings. The summed E-state index contributed by atoms with van der Waals surface area (Å²) in [6.45, 7) is 5.71. The summed E-state index contributed by atoms with van der Waals surface area (Å²) in [5.74, 6) is -0.685. The smallest absolute Gasteiger partial charge is 0.444 e. The van der Waals surface area contributed by atoms with E-state index >= 15 is 0 Å². The number of hydrogen-bond acceptors (Lipinski definition) is 5. The Morgan fingerprint density at radius 2 is 1.85 bits per heavy atom. The summed E-state index contributed by atoms with van der Waals surface area (Å²) in [6.07, 6.45) is -0.422. The largest absolute Gasteiger partial charge is 0.573 e. The third-order valence-corrected chi connectivity index (χ3v) is 4.53. The molecule has 0 fully saturated rings. The van der Waals surface area contributed by atoms with Crippen LogP contribution in [0.15, 0.2) is 54.7 Å². The lowest BCUT2D eigenvalue weighted by atomic mass is 10.1. The van der Waals surface area contributed by atoms with Gasteiger partial charge in [-0.3, -0.25) is 14.7 Å². The fourth-order valence-electron chi connectivity index (χ4n) is 3.12. The summed E-state index contributed by atoms with van der Waals surface area (Å²) in [6, 6.07) is 7.99. The molecule has 0 aliphatic carbocycles. The molecule has 2 amide bonds. The molecular weight excluding hydrogens is 439 g/mol. The highest BCUT2D eigenvalue weighted by molar-refractivity contribution is 5.88. The van der Waals surface area contributed by atoms with Gasteiger partial charge >= 0.3 is 12.5 Å². The first kappa shape index (κ1) is 24.1. The van der Waals surface area contributed by atoms with E-state index in [-0.39, 0.29) is 24.7 Å². The van der Waals surface area contributed by atoms with Crippen molar-refractivity contribution in [3.05, 3.63) is 60.3 Å². The molecule has 33 heavy (non-hydrogen) atoms. The summed E-state index contributed by atoms with van der Waals surface area (Å²) >= 11 is 0. The van der Waals surface area contributed by atoms with Crippen LogP contribution in [0.2, 0.25) is 0 Å². The standard InChI is InChI=1S/C23H24F3N3O4/c1-22(2,3)33-21(31)29-12-4-5-19(29)20(30)28-14-15-10-11-27-18(13-15)16-6-8-17(9-7-16)32-23(24,25)26/h4-11,13,19H,12,14H2,1-3H3,(H,28,30)/t19-/m0/s1. The Kier molecular flexibility index (Phi) is 6.95. The van der Waals surface area contributed by atoms with Crippen LogP contribution in [0.4, 0.5) is 18.0 Å². The minimum atomic E-state index is -4.76. The monoisotopic (exact) mass is 463 g/mol. The van der Waals surface area contributed by atoms with Crippen molar-refractivity contribution >= 4 is 12.0 Å². The normalized spacial score (nSPS) is 15.9. The Hall–Kier alpha value is -3.56. The van der Waals surface area contributed by atoms with Crippen LogP contribution in [0, 0.1) is 0 Å². The molecule has 0 radical (unpaired) electrons. The molecule has 7 nitrogen and oxygen atoms in total. The van der Waals surface area contributed by atoms with Crippen LogP contribution >= 0.6 is 0 Å². The Labute approximate surface area is 189 Å². The lowest BCUT2D eigenvalue weighted by Gasteiger charge is -2.28. The van der Waals surface area contributed by atoms with Crippen molar-refractivity contribution in [2.24, 2.45) is 0 Å². The highest BCUT2D eigenvalue weighted by Gasteiger charge is 2.33. The number of carbonyl (C=O) groups is 2. The number of pyridine rings is 1. The molecule has 1 N–H and O–H groups in total. The SMILES string of the molecule is CC(C)(C)OC(=O)N1CC=C[C@H]1C(=O)NCc1ccnc(-c2ccc(OC(F)(F)F)cc2)c1. The van der Waals surface area contributed by atoms with E-state index in [9.17, 15) is 22.8 Å². The van der Waals surface area contributed by atoms with Gasteiger partial charge in [-0.15, -0.1) is 13.2 Å². The maximum absolute atomic E-state index is 12.7. The van der Waals surface area contributed by atoms with E-state index in [1.165, 1.54) is 29.2 Å². The van der Waals surface area contributed by atoms with Gasteiger partial charge in [-0.05, 0) is 62.7 Å². The van der Waals surface area contributed by atoms with E-state index in [0.717, 1.165) is 5.56 Å². The van der Waals surface area contributed by atoms with Crippen molar-refractivity contribution in [2.45, 2.75) is 45.3 Å². The molecule has 0 saturated carbocycles. The molecule has 1 aliphatic heterocycles. The fourth-order valence-corrected chi connectivity index (χ4v) is 3.12. The number of alkyl halides is 3. The molecule has 1 aliphatic rings. The minimum absolute atomic E-state index is 0.177. The van der Waals surface area contributed by atoms with Gasteiger partial charge in [-0.1, -0.05) is 12.2 Å². The molecule has 3 rings (SSSR count). The van der Waals surface area contributed by atoms with Crippen LogP contribution in [0.25, 0.3) is 11.3 Å². The van der Waals surface area contributed by atoms with E-state index in [1.807, 2.05) is 0 Å². The van der Waals surface area contributed by atoms with Crippen molar-refractivity contribution in [1.82, 2.24) is 15.2 Å². The molecule has 0 saturated heterocycles. The highest BCUT2D eigenvalue weighted by atomic mass is 19.4. The van der Waals surface area contributed by atoms with E-state index in [1.54, 1.807) is 51.3 Å². The minimum Gasteiger partial charge on any atom is -0.444 e. The molecule has 1 aromatic carbocycles. The van der Waals surface area contributed by atoms with Crippen LogP contribution in [0.3, 0.4) is 0 Å². The average Bonchev–Trinajstić information content (AvgIpc) is 3.21. The van der Waals surface area contributed by atoms with Gasteiger partial charge < -0.3 is 14.8 Å². The lowest BCUT2D eigenvalue weighted by Crippen LogP contribution is -2.47. The number of amides is 2. The Morgan fingerprint density at radius 3 is 2.48 bits per heavy atom. The van der Waals surface area contributed by atoms with Crippen molar-refractivity contribution in [3.8, 4) is 17.0 Å². The lowest BCUT2D eigenvalue weighted by molar-refractivity contribution is -0.274. The number of ether oxygens (including phenoxy) is 2. The summed E-state index contributed by atoms with van der Waals surface area (Å²) in [7, 11) is 0. The van der Waals surface area contributed by atoms with E-state index in [2.05, 4.69) is 15.0 Å². The van der Waals surface area contributed by atoms with E-state index < -0.39 is 24.1 Å². The second-order valence-electron chi connectivity index (χ2n) is 8.35. The van der Waals surface area contributed by atoms with Crippen LogP contribution in [0.1, 0.15) is 26.3 Å². The van der Waals surface area contributed by atoms with Crippen LogP contribution in [-0.2, 0) is 16.1 Å². The Bertz CT molecular complexity index is 1030. The summed E-state index contributed by atoms with van der Waals surface area (Å²) in [5.41, 5.74) is 1.17. The number of nitrogens with zero attached hydrogens (tertiary/aromatic N) is 2. The summed E-state index contributed by atoms with van der Waals surface area (Å²) in [5, 5.41) is 2.79. The maximum Gasteiger partial charge on any atom is 0.573 e. The predicted octanol–water partition coefficient (Wildman–Crippen LogP) is 4.44. The number of nitrogens with one attached hydrogen (secondary N) is 1. The van der Waals surface area contributed by atoms with Gasteiger partial charge in [0.2, 0.25) is 5.91 Å². The van der Waals surface area contributed by atoms with Gasteiger partial charge in [-0.25, -0.2) is 4.79 Å². The first-order valence-corrected chi connectivity index (χ1v) is 10.2. The van der Waals surface area contributed by atoms with E-state index in [0.29, 0.717) is 11.3 Å². The number of carbonyl (C=O) groups excluding carboxylic acids is 2. The Morgan fingerprint density at radius 1 is 1.15 bits per heavy atom. The number of hydrogen-bond donors (Lipinski definition) is 1. The molecule has 0 spiro atoms. The molecule has 0 bridgehead atoms. The zero-order chi connectivity index (χ0) is 24.2. The molecule has 10 heteroatoms. The second-order valence-corrected chi connectivity index (χ2v) is 8.35. The van der Waals surface area contributed by atoms with Crippen molar-refractivity contribution < 1.29 is 32.2 Å². The summed E-state index contributed by atoms with van der Waals surface area (Å²) in [4.78, 5) is 30.6.